The Morgan fingerprint density at radius 1 is 1.62 bits per heavy atom. The SMILES string of the molecule is Cc1nc(C=O)cc(C(F)F)c1N. The maximum atomic E-state index is 12.3. The smallest absolute Gasteiger partial charge is 0.265 e. The molecule has 0 fully saturated rings. The Bertz CT molecular complexity index is 339. The van der Waals surface area contributed by atoms with Gasteiger partial charge in [0.25, 0.3) is 6.43 Å². The number of nitrogen functional groups attached to an aromatic ring is 1. The van der Waals surface area contributed by atoms with Gasteiger partial charge in [0.1, 0.15) is 5.69 Å². The molecule has 1 rings (SSSR count). The molecule has 70 valence electrons. The Balaban J connectivity index is 3.32. The van der Waals surface area contributed by atoms with Crippen LogP contribution in [0.3, 0.4) is 0 Å². The Morgan fingerprint density at radius 3 is 2.69 bits per heavy atom. The van der Waals surface area contributed by atoms with E-state index in [1.807, 2.05) is 0 Å². The zero-order chi connectivity index (χ0) is 10.0. The van der Waals surface area contributed by atoms with E-state index in [0.717, 1.165) is 6.07 Å². The van der Waals surface area contributed by atoms with Crippen LogP contribution in [0.25, 0.3) is 0 Å². The van der Waals surface area contributed by atoms with E-state index in [2.05, 4.69) is 4.98 Å². The number of rotatable bonds is 2. The van der Waals surface area contributed by atoms with E-state index in [9.17, 15) is 13.6 Å². The number of anilines is 1. The molecule has 0 saturated heterocycles. The molecule has 0 unspecified atom stereocenters. The van der Waals surface area contributed by atoms with Crippen LogP contribution in [-0.4, -0.2) is 11.3 Å². The van der Waals surface area contributed by atoms with Crippen molar-refractivity contribution in [3.63, 3.8) is 0 Å². The molecule has 0 amide bonds. The van der Waals surface area contributed by atoms with Gasteiger partial charge in [-0.3, -0.25) is 4.79 Å². The number of aromatic nitrogens is 1. The van der Waals surface area contributed by atoms with Gasteiger partial charge < -0.3 is 5.73 Å². The van der Waals surface area contributed by atoms with Gasteiger partial charge in [-0.2, -0.15) is 0 Å². The minimum atomic E-state index is -2.68. The van der Waals surface area contributed by atoms with E-state index in [0.29, 0.717) is 6.29 Å². The van der Waals surface area contributed by atoms with Gasteiger partial charge in [-0.15, -0.1) is 0 Å². The second-order valence-electron chi connectivity index (χ2n) is 2.55. The number of aryl methyl sites for hydroxylation is 1. The number of nitrogens with two attached hydrogens (primary N) is 1. The minimum absolute atomic E-state index is 0.0259. The third-order valence-electron chi connectivity index (χ3n) is 1.66. The minimum Gasteiger partial charge on any atom is -0.397 e. The molecule has 0 atom stereocenters. The fraction of sp³-hybridized carbons (Fsp3) is 0.250. The summed E-state index contributed by atoms with van der Waals surface area (Å²) in [7, 11) is 0. The number of hydrogen-bond donors (Lipinski definition) is 1. The third-order valence-corrected chi connectivity index (χ3v) is 1.66. The predicted molar refractivity (Wildman–Crippen MR) is 43.7 cm³/mol. The van der Waals surface area contributed by atoms with E-state index < -0.39 is 6.43 Å². The van der Waals surface area contributed by atoms with Crippen LogP contribution < -0.4 is 5.73 Å². The van der Waals surface area contributed by atoms with Crippen LogP contribution in [0.5, 0.6) is 0 Å². The summed E-state index contributed by atoms with van der Waals surface area (Å²) in [4.78, 5) is 14.0. The molecule has 0 saturated carbocycles. The van der Waals surface area contributed by atoms with Crippen molar-refractivity contribution in [3.05, 3.63) is 23.0 Å². The summed E-state index contributed by atoms with van der Waals surface area (Å²) in [5.74, 6) is 0. The maximum absolute atomic E-state index is 12.3. The summed E-state index contributed by atoms with van der Waals surface area (Å²) in [6.45, 7) is 1.48. The quantitative estimate of drug-likeness (QED) is 0.715. The maximum Gasteiger partial charge on any atom is 0.265 e. The van der Waals surface area contributed by atoms with Crippen LogP contribution in [-0.2, 0) is 0 Å². The second kappa shape index (κ2) is 3.47. The molecule has 1 aromatic rings. The van der Waals surface area contributed by atoms with Gasteiger partial charge in [-0.25, -0.2) is 13.8 Å². The molecule has 0 aliphatic carbocycles. The summed E-state index contributed by atoms with van der Waals surface area (Å²) in [6.07, 6.45) is -2.27. The van der Waals surface area contributed by atoms with Crippen LogP contribution in [0, 0.1) is 6.92 Å². The molecule has 0 aliphatic rings. The Hall–Kier alpha value is -1.52. The van der Waals surface area contributed by atoms with Crippen molar-refractivity contribution < 1.29 is 13.6 Å². The van der Waals surface area contributed by atoms with E-state index >= 15 is 0 Å². The van der Waals surface area contributed by atoms with Gasteiger partial charge in [0.05, 0.1) is 11.4 Å². The fourth-order valence-corrected chi connectivity index (χ4v) is 0.973. The lowest BCUT2D eigenvalue weighted by atomic mass is 10.1. The first-order chi connectivity index (χ1) is 6.06. The zero-order valence-electron chi connectivity index (χ0n) is 6.92. The number of halogens is 2. The molecule has 3 nitrogen and oxygen atoms in total. The summed E-state index contributed by atoms with van der Waals surface area (Å²) in [5.41, 5.74) is 5.18. The van der Waals surface area contributed by atoms with Gasteiger partial charge in [0.2, 0.25) is 0 Å². The molecule has 0 aliphatic heterocycles. The average molecular weight is 186 g/mol. The molecule has 0 bridgehead atoms. The van der Waals surface area contributed by atoms with Crippen molar-refractivity contribution in [3.8, 4) is 0 Å². The summed E-state index contributed by atoms with van der Waals surface area (Å²) in [5, 5.41) is 0. The van der Waals surface area contributed by atoms with Crippen LogP contribution in [0.1, 0.15) is 28.2 Å². The van der Waals surface area contributed by atoms with Crippen molar-refractivity contribution >= 4 is 12.0 Å². The molecule has 1 aromatic heterocycles. The predicted octanol–water partition coefficient (Wildman–Crippen LogP) is 1.72. The van der Waals surface area contributed by atoms with Crippen LogP contribution in [0.2, 0.25) is 0 Å². The standard InChI is InChI=1S/C8H8F2N2O/c1-4-7(11)6(8(9)10)2-5(3-13)12-4/h2-3,8H,11H2,1H3. The highest BCUT2D eigenvalue weighted by atomic mass is 19.3. The number of alkyl halides is 2. The highest BCUT2D eigenvalue weighted by Gasteiger charge is 2.14. The van der Waals surface area contributed by atoms with Gasteiger partial charge in [-0.05, 0) is 13.0 Å². The lowest BCUT2D eigenvalue weighted by Gasteiger charge is -2.07. The topological polar surface area (TPSA) is 56.0 Å². The Morgan fingerprint density at radius 2 is 2.23 bits per heavy atom. The monoisotopic (exact) mass is 186 g/mol. The molecule has 13 heavy (non-hydrogen) atoms. The molecular formula is C8H8F2N2O. The van der Waals surface area contributed by atoms with Crippen molar-refractivity contribution in [2.75, 3.05) is 5.73 Å². The lowest BCUT2D eigenvalue weighted by molar-refractivity contribution is 0.111. The fourth-order valence-electron chi connectivity index (χ4n) is 0.973. The number of hydrogen-bond acceptors (Lipinski definition) is 3. The first-order valence-electron chi connectivity index (χ1n) is 3.56. The van der Waals surface area contributed by atoms with Gasteiger partial charge in [0, 0.05) is 5.56 Å². The van der Waals surface area contributed by atoms with E-state index in [-0.39, 0.29) is 22.6 Å². The van der Waals surface area contributed by atoms with E-state index in [4.69, 9.17) is 5.73 Å². The largest absolute Gasteiger partial charge is 0.397 e. The molecule has 1 heterocycles. The first kappa shape index (κ1) is 9.57. The molecule has 0 radical (unpaired) electrons. The number of carbonyl (C=O) groups is 1. The summed E-state index contributed by atoms with van der Waals surface area (Å²) in [6, 6.07) is 1.00. The van der Waals surface area contributed by atoms with Crippen molar-refractivity contribution in [1.29, 1.82) is 0 Å². The lowest BCUT2D eigenvalue weighted by Crippen LogP contribution is -2.03. The first-order valence-corrected chi connectivity index (χ1v) is 3.56. The number of aldehydes is 1. The highest BCUT2D eigenvalue weighted by Crippen LogP contribution is 2.26. The van der Waals surface area contributed by atoms with E-state index in [1.165, 1.54) is 6.92 Å². The van der Waals surface area contributed by atoms with Crippen molar-refractivity contribution in [2.45, 2.75) is 13.3 Å². The number of nitrogens with zero attached hydrogens (tertiary/aromatic N) is 1. The number of pyridine rings is 1. The average Bonchev–Trinajstić information content (AvgIpc) is 2.09. The van der Waals surface area contributed by atoms with Crippen LogP contribution in [0.4, 0.5) is 14.5 Å². The molecule has 2 N–H and O–H groups in total. The molecule has 5 heteroatoms. The van der Waals surface area contributed by atoms with E-state index in [1.54, 1.807) is 0 Å². The normalized spacial score (nSPS) is 10.5. The van der Waals surface area contributed by atoms with Gasteiger partial charge >= 0.3 is 0 Å². The van der Waals surface area contributed by atoms with Crippen molar-refractivity contribution in [2.24, 2.45) is 0 Å². The summed E-state index contributed by atoms with van der Waals surface area (Å²) >= 11 is 0. The van der Waals surface area contributed by atoms with Crippen LogP contribution in [0.15, 0.2) is 6.07 Å². The van der Waals surface area contributed by atoms with Crippen LogP contribution >= 0.6 is 0 Å². The van der Waals surface area contributed by atoms with Crippen molar-refractivity contribution in [1.82, 2.24) is 4.98 Å². The number of carbonyl (C=O) groups excluding carboxylic acids is 1. The second-order valence-corrected chi connectivity index (χ2v) is 2.55. The Kier molecular flexibility index (Phi) is 2.55. The molecule has 0 aromatic carbocycles. The molecular weight excluding hydrogens is 178 g/mol. The highest BCUT2D eigenvalue weighted by molar-refractivity contribution is 5.74. The zero-order valence-corrected chi connectivity index (χ0v) is 6.92. The third kappa shape index (κ3) is 1.80. The van der Waals surface area contributed by atoms with Gasteiger partial charge in [0.15, 0.2) is 6.29 Å². The van der Waals surface area contributed by atoms with Gasteiger partial charge in [-0.1, -0.05) is 0 Å². The molecule has 0 spiro atoms. The summed E-state index contributed by atoms with van der Waals surface area (Å²) < 4.78 is 24.6. The Labute approximate surface area is 73.6 Å².